The molecule has 7 nitrogen and oxygen atoms in total. The maximum absolute atomic E-state index is 13.4. The number of amides is 1. The smallest absolute Gasteiger partial charge is 0.295 e. The monoisotopic (exact) mass is 457 g/mol. The van der Waals surface area contributed by atoms with Crippen molar-refractivity contribution in [1.82, 2.24) is 4.90 Å². The highest BCUT2D eigenvalue weighted by molar-refractivity contribution is 6.46. The third-order valence-corrected chi connectivity index (χ3v) is 5.14. The molecule has 1 unspecified atom stereocenters. The lowest BCUT2D eigenvalue weighted by Crippen LogP contribution is -2.32. The summed E-state index contributed by atoms with van der Waals surface area (Å²) in [6, 6.07) is 9.34. The van der Waals surface area contributed by atoms with Gasteiger partial charge in [0.1, 0.15) is 11.6 Å². The molecule has 2 aromatic rings. The van der Waals surface area contributed by atoms with Crippen LogP contribution in [0.25, 0.3) is 5.76 Å². The molecular weight excluding hydrogens is 429 g/mol. The van der Waals surface area contributed by atoms with Crippen LogP contribution in [0.4, 0.5) is 4.39 Å². The first-order valence-electron chi connectivity index (χ1n) is 10.7. The van der Waals surface area contributed by atoms with Gasteiger partial charge in [0.25, 0.3) is 11.7 Å². The highest BCUT2D eigenvalue weighted by Crippen LogP contribution is 2.42. The zero-order chi connectivity index (χ0) is 24.1. The van der Waals surface area contributed by atoms with E-state index in [0.29, 0.717) is 23.7 Å². The summed E-state index contributed by atoms with van der Waals surface area (Å²) >= 11 is 0. The van der Waals surface area contributed by atoms with Crippen LogP contribution in [0.5, 0.6) is 11.5 Å². The van der Waals surface area contributed by atoms with Gasteiger partial charge >= 0.3 is 0 Å². The molecule has 3 rings (SSSR count). The summed E-state index contributed by atoms with van der Waals surface area (Å²) < 4.78 is 30.1. The molecule has 1 heterocycles. The van der Waals surface area contributed by atoms with Crippen molar-refractivity contribution in [2.45, 2.75) is 32.9 Å². The first-order chi connectivity index (χ1) is 15.8. The number of rotatable bonds is 9. The lowest BCUT2D eigenvalue weighted by Gasteiger charge is -2.26. The number of ether oxygens (including phenoxy) is 3. The molecule has 0 radical (unpaired) electrons. The van der Waals surface area contributed by atoms with Crippen molar-refractivity contribution in [3.8, 4) is 11.5 Å². The Morgan fingerprint density at radius 3 is 2.42 bits per heavy atom. The minimum absolute atomic E-state index is 0.0808. The number of likely N-dealkylation sites (tertiary alicyclic amines) is 1. The molecule has 1 aliphatic heterocycles. The average Bonchev–Trinajstić information content (AvgIpc) is 3.03. The summed E-state index contributed by atoms with van der Waals surface area (Å²) in [7, 11) is 1.50. The van der Waals surface area contributed by atoms with Crippen LogP contribution in [-0.4, -0.2) is 54.7 Å². The lowest BCUT2D eigenvalue weighted by molar-refractivity contribution is -0.140. The van der Waals surface area contributed by atoms with Crippen LogP contribution in [0, 0.1) is 5.82 Å². The van der Waals surface area contributed by atoms with Crippen LogP contribution in [0.2, 0.25) is 0 Å². The summed E-state index contributed by atoms with van der Waals surface area (Å²) in [5.41, 5.74) is 0.715. The first kappa shape index (κ1) is 24.3. The molecule has 0 aromatic heterocycles. The molecule has 1 amide bonds. The van der Waals surface area contributed by atoms with Gasteiger partial charge in [-0.25, -0.2) is 4.39 Å². The quantitative estimate of drug-likeness (QED) is 0.347. The van der Waals surface area contributed by atoms with E-state index in [1.807, 2.05) is 20.8 Å². The fraction of sp³-hybridized carbons (Fsp3) is 0.360. The third-order valence-electron chi connectivity index (χ3n) is 5.14. The Bertz CT molecular complexity index is 1050. The van der Waals surface area contributed by atoms with Crippen LogP contribution in [0.3, 0.4) is 0 Å². The molecule has 1 saturated heterocycles. The second-order valence-corrected chi connectivity index (χ2v) is 7.80. The molecule has 1 N–H and O–H groups in total. The van der Waals surface area contributed by atoms with Crippen molar-refractivity contribution in [3.05, 3.63) is 65.0 Å². The van der Waals surface area contributed by atoms with E-state index in [1.165, 1.54) is 36.3 Å². The van der Waals surface area contributed by atoms with Crippen LogP contribution in [-0.2, 0) is 14.3 Å². The van der Waals surface area contributed by atoms with Crippen LogP contribution in [0.1, 0.15) is 37.9 Å². The standard InChI is InChI=1S/C25H28FNO6/c1-5-32-20-14-17(8-11-19(20)33-15(2)3)22-21(23(28)16-6-9-18(26)10-7-16)24(29)25(30)27(22)12-13-31-4/h6-11,14-15,22,28H,5,12-13H2,1-4H3/b23-21-. The van der Waals surface area contributed by atoms with E-state index in [0.717, 1.165) is 0 Å². The Hall–Kier alpha value is -3.39. The molecule has 0 spiro atoms. The summed E-state index contributed by atoms with van der Waals surface area (Å²) in [4.78, 5) is 27.2. The van der Waals surface area contributed by atoms with E-state index >= 15 is 0 Å². The van der Waals surface area contributed by atoms with Crippen molar-refractivity contribution in [2.24, 2.45) is 0 Å². The Kier molecular flexibility index (Phi) is 7.71. The Morgan fingerprint density at radius 1 is 1.12 bits per heavy atom. The summed E-state index contributed by atoms with van der Waals surface area (Å²) in [6.45, 7) is 6.35. The van der Waals surface area contributed by atoms with Gasteiger partial charge in [0.2, 0.25) is 0 Å². The fourth-order valence-corrected chi connectivity index (χ4v) is 3.72. The van der Waals surface area contributed by atoms with Crippen molar-refractivity contribution < 1.29 is 33.3 Å². The van der Waals surface area contributed by atoms with Crippen LogP contribution >= 0.6 is 0 Å². The zero-order valence-corrected chi connectivity index (χ0v) is 19.1. The number of hydrogen-bond donors (Lipinski definition) is 1. The first-order valence-corrected chi connectivity index (χ1v) is 10.7. The number of carbonyl (C=O) groups is 2. The minimum Gasteiger partial charge on any atom is -0.507 e. The predicted molar refractivity (Wildman–Crippen MR) is 121 cm³/mol. The van der Waals surface area contributed by atoms with Gasteiger partial charge in [0.05, 0.1) is 30.9 Å². The van der Waals surface area contributed by atoms with E-state index in [1.54, 1.807) is 18.2 Å². The van der Waals surface area contributed by atoms with E-state index in [-0.39, 0.29) is 36.2 Å². The molecule has 1 aliphatic rings. The maximum atomic E-state index is 13.4. The molecule has 1 atom stereocenters. The normalized spacial score (nSPS) is 17.6. The average molecular weight is 457 g/mol. The second kappa shape index (κ2) is 10.5. The second-order valence-electron chi connectivity index (χ2n) is 7.80. The van der Waals surface area contributed by atoms with Crippen molar-refractivity contribution in [2.75, 3.05) is 26.9 Å². The summed E-state index contributed by atoms with van der Waals surface area (Å²) in [5.74, 6) is -1.44. The number of carbonyl (C=O) groups excluding carboxylic acids is 2. The third kappa shape index (κ3) is 5.17. The van der Waals surface area contributed by atoms with Gasteiger partial charge < -0.3 is 24.2 Å². The van der Waals surface area contributed by atoms with Gasteiger partial charge in [-0.15, -0.1) is 0 Å². The molecular formula is C25H28FNO6. The van der Waals surface area contributed by atoms with E-state index < -0.39 is 23.5 Å². The van der Waals surface area contributed by atoms with E-state index in [2.05, 4.69) is 0 Å². The Labute approximate surface area is 192 Å². The molecule has 2 aromatic carbocycles. The number of benzene rings is 2. The van der Waals surface area contributed by atoms with Gasteiger partial charge in [0, 0.05) is 19.2 Å². The van der Waals surface area contributed by atoms with E-state index in [9.17, 15) is 19.1 Å². The molecule has 176 valence electrons. The highest BCUT2D eigenvalue weighted by Gasteiger charge is 2.46. The lowest BCUT2D eigenvalue weighted by atomic mass is 9.95. The molecule has 8 heteroatoms. The molecule has 0 saturated carbocycles. The largest absolute Gasteiger partial charge is 0.507 e. The van der Waals surface area contributed by atoms with E-state index in [4.69, 9.17) is 14.2 Å². The highest BCUT2D eigenvalue weighted by atomic mass is 19.1. The molecule has 33 heavy (non-hydrogen) atoms. The number of ketones is 1. The van der Waals surface area contributed by atoms with Crippen molar-refractivity contribution in [1.29, 1.82) is 0 Å². The van der Waals surface area contributed by atoms with Gasteiger partial charge in [-0.05, 0) is 62.7 Å². The molecule has 0 bridgehead atoms. The topological polar surface area (TPSA) is 85.3 Å². The van der Waals surface area contributed by atoms with Gasteiger partial charge in [-0.2, -0.15) is 0 Å². The summed E-state index contributed by atoms with van der Waals surface area (Å²) in [6.07, 6.45) is -0.0825. The zero-order valence-electron chi connectivity index (χ0n) is 19.1. The van der Waals surface area contributed by atoms with Crippen molar-refractivity contribution >= 4 is 17.4 Å². The number of methoxy groups -OCH3 is 1. The van der Waals surface area contributed by atoms with Gasteiger partial charge in [-0.1, -0.05) is 6.07 Å². The van der Waals surface area contributed by atoms with Crippen molar-refractivity contribution in [3.63, 3.8) is 0 Å². The maximum Gasteiger partial charge on any atom is 0.295 e. The van der Waals surface area contributed by atoms with Gasteiger partial charge in [0.15, 0.2) is 11.5 Å². The fourth-order valence-electron chi connectivity index (χ4n) is 3.72. The molecule has 0 aliphatic carbocycles. The number of hydrogen-bond acceptors (Lipinski definition) is 6. The number of halogens is 1. The predicted octanol–water partition coefficient (Wildman–Crippen LogP) is 4.08. The minimum atomic E-state index is -0.877. The number of Topliss-reactive ketones (excluding diaryl/α,β-unsaturated/α-hetero) is 1. The molecule has 1 fully saturated rings. The summed E-state index contributed by atoms with van der Waals surface area (Å²) in [5, 5.41) is 11.0. The SMILES string of the molecule is CCOc1cc(C2/C(=C(/O)c3ccc(F)cc3)C(=O)C(=O)N2CCOC)ccc1OC(C)C. The number of nitrogens with zero attached hydrogens (tertiary/aromatic N) is 1. The number of aliphatic hydroxyl groups excluding tert-OH is 1. The van der Waals surface area contributed by atoms with Crippen LogP contribution < -0.4 is 9.47 Å². The Balaban J connectivity index is 2.16. The van der Waals surface area contributed by atoms with Gasteiger partial charge in [-0.3, -0.25) is 9.59 Å². The Morgan fingerprint density at radius 2 is 1.82 bits per heavy atom. The number of aliphatic hydroxyl groups is 1. The van der Waals surface area contributed by atoms with Crippen LogP contribution in [0.15, 0.2) is 48.0 Å².